The largest absolute Gasteiger partial charge is 0.493 e. The smallest absolute Gasteiger partial charge is 0.227 e. The minimum Gasteiger partial charge on any atom is -0.493 e. The molecular formula is C22H28N2O3. The van der Waals surface area contributed by atoms with Crippen LogP contribution in [0.1, 0.15) is 30.0 Å². The zero-order valence-electron chi connectivity index (χ0n) is 16.3. The molecule has 0 spiro atoms. The molecule has 0 bridgehead atoms. The molecule has 1 amide bonds. The monoisotopic (exact) mass is 368 g/mol. The number of anilines is 1. The first-order valence-electron chi connectivity index (χ1n) is 9.43. The van der Waals surface area contributed by atoms with Gasteiger partial charge in [0, 0.05) is 18.3 Å². The van der Waals surface area contributed by atoms with Gasteiger partial charge in [0.25, 0.3) is 0 Å². The summed E-state index contributed by atoms with van der Waals surface area (Å²) in [5.74, 6) is 1.63. The number of rotatable bonds is 7. The highest BCUT2D eigenvalue weighted by Gasteiger charge is 2.30. The van der Waals surface area contributed by atoms with E-state index >= 15 is 0 Å². The summed E-state index contributed by atoms with van der Waals surface area (Å²) in [4.78, 5) is 15.1. The number of benzene rings is 2. The van der Waals surface area contributed by atoms with Crippen LogP contribution in [0.3, 0.4) is 0 Å². The number of hydrogen-bond acceptors (Lipinski definition) is 4. The average Bonchev–Trinajstić information content (AvgIpc) is 3.07. The number of nitrogen functional groups attached to an aromatic ring is 1. The average molecular weight is 368 g/mol. The van der Waals surface area contributed by atoms with Crippen LogP contribution in [0.2, 0.25) is 0 Å². The summed E-state index contributed by atoms with van der Waals surface area (Å²) in [6.45, 7) is 2.86. The predicted molar refractivity (Wildman–Crippen MR) is 107 cm³/mol. The number of hydrogen-bond donors (Lipinski definition) is 1. The van der Waals surface area contributed by atoms with Crippen molar-refractivity contribution in [3.8, 4) is 11.5 Å². The van der Waals surface area contributed by atoms with E-state index in [-0.39, 0.29) is 11.9 Å². The molecule has 0 heterocycles. The van der Waals surface area contributed by atoms with Gasteiger partial charge >= 0.3 is 0 Å². The van der Waals surface area contributed by atoms with Crippen molar-refractivity contribution in [2.75, 3.05) is 26.5 Å². The molecule has 2 aromatic carbocycles. The second-order valence-electron chi connectivity index (χ2n) is 7.05. The lowest BCUT2D eigenvalue weighted by molar-refractivity contribution is -0.132. The first kappa shape index (κ1) is 19.1. The highest BCUT2D eigenvalue weighted by molar-refractivity contribution is 5.79. The Balaban J connectivity index is 1.78. The van der Waals surface area contributed by atoms with Gasteiger partial charge in [0.05, 0.1) is 20.6 Å². The maximum atomic E-state index is 13.0. The highest BCUT2D eigenvalue weighted by atomic mass is 16.5. The van der Waals surface area contributed by atoms with Crippen molar-refractivity contribution in [1.29, 1.82) is 0 Å². The summed E-state index contributed by atoms with van der Waals surface area (Å²) in [6, 6.07) is 11.8. The molecule has 0 saturated carbocycles. The minimum atomic E-state index is 0.152. The summed E-state index contributed by atoms with van der Waals surface area (Å²) in [5, 5.41) is 0. The molecule has 0 unspecified atom stereocenters. The van der Waals surface area contributed by atoms with Gasteiger partial charge < -0.3 is 20.1 Å². The van der Waals surface area contributed by atoms with E-state index in [2.05, 4.69) is 6.92 Å². The number of nitrogens with two attached hydrogens (primary N) is 1. The Morgan fingerprint density at radius 1 is 1.11 bits per heavy atom. The Morgan fingerprint density at radius 3 is 2.26 bits per heavy atom. The first-order chi connectivity index (χ1) is 13.0. The lowest BCUT2D eigenvalue weighted by Gasteiger charge is -2.29. The molecule has 2 N–H and O–H groups in total. The topological polar surface area (TPSA) is 64.8 Å². The van der Waals surface area contributed by atoms with Crippen LogP contribution in [0.4, 0.5) is 5.69 Å². The van der Waals surface area contributed by atoms with E-state index < -0.39 is 0 Å². The fraction of sp³-hybridized carbons (Fsp3) is 0.409. The summed E-state index contributed by atoms with van der Waals surface area (Å²) in [7, 11) is 3.30. The standard InChI is InChI=1S/C22H28N2O3/c1-4-8-24(22(25)10-15-6-5-7-18(23)9-15)19-11-16-13-20(26-2)21(27-3)14-17(16)12-19/h5-7,9,13-14,19H,4,8,10-12,23H2,1-3H3. The molecule has 144 valence electrons. The van der Waals surface area contributed by atoms with Gasteiger partial charge in [-0.05, 0) is 60.2 Å². The fourth-order valence-corrected chi connectivity index (χ4v) is 3.87. The molecule has 5 nitrogen and oxygen atoms in total. The Bertz CT molecular complexity index is 786. The second-order valence-corrected chi connectivity index (χ2v) is 7.05. The van der Waals surface area contributed by atoms with Crippen LogP contribution < -0.4 is 15.2 Å². The summed E-state index contributed by atoms with van der Waals surface area (Å²) in [6.07, 6.45) is 3.00. The second kappa shape index (κ2) is 8.33. The number of fused-ring (bicyclic) bond motifs is 1. The van der Waals surface area contributed by atoms with Gasteiger partial charge in [-0.2, -0.15) is 0 Å². The van der Waals surface area contributed by atoms with Crippen molar-refractivity contribution in [3.63, 3.8) is 0 Å². The molecular weight excluding hydrogens is 340 g/mol. The first-order valence-corrected chi connectivity index (χ1v) is 9.43. The normalized spacial score (nSPS) is 13.3. The van der Waals surface area contributed by atoms with Crippen LogP contribution in [0.25, 0.3) is 0 Å². The molecule has 3 rings (SSSR count). The van der Waals surface area contributed by atoms with E-state index in [1.165, 1.54) is 11.1 Å². The van der Waals surface area contributed by atoms with E-state index in [1.807, 2.05) is 41.3 Å². The Hall–Kier alpha value is -2.69. The van der Waals surface area contributed by atoms with Crippen LogP contribution in [-0.4, -0.2) is 37.6 Å². The number of ether oxygens (including phenoxy) is 2. The fourth-order valence-electron chi connectivity index (χ4n) is 3.87. The maximum Gasteiger partial charge on any atom is 0.227 e. The van der Waals surface area contributed by atoms with Crippen molar-refractivity contribution >= 4 is 11.6 Å². The molecule has 0 fully saturated rings. The van der Waals surface area contributed by atoms with E-state index in [0.717, 1.165) is 42.9 Å². The SMILES string of the molecule is CCCN(C(=O)Cc1cccc(N)c1)C1Cc2cc(OC)c(OC)cc2C1. The molecule has 0 radical (unpaired) electrons. The van der Waals surface area contributed by atoms with Gasteiger partial charge in [0.15, 0.2) is 11.5 Å². The van der Waals surface area contributed by atoms with Gasteiger partial charge in [0.2, 0.25) is 5.91 Å². The zero-order valence-corrected chi connectivity index (χ0v) is 16.3. The minimum absolute atomic E-state index is 0.152. The summed E-state index contributed by atoms with van der Waals surface area (Å²) in [5.41, 5.74) is 9.97. The zero-order chi connectivity index (χ0) is 19.4. The number of amides is 1. The lowest BCUT2D eigenvalue weighted by Crippen LogP contribution is -2.42. The number of methoxy groups -OCH3 is 2. The molecule has 0 saturated heterocycles. The molecule has 0 aromatic heterocycles. The van der Waals surface area contributed by atoms with Crippen LogP contribution in [0.5, 0.6) is 11.5 Å². The van der Waals surface area contributed by atoms with Gasteiger partial charge in [-0.3, -0.25) is 4.79 Å². The van der Waals surface area contributed by atoms with Crippen LogP contribution in [0.15, 0.2) is 36.4 Å². The van der Waals surface area contributed by atoms with Gasteiger partial charge in [-0.1, -0.05) is 19.1 Å². The predicted octanol–water partition coefficient (Wildman–Crippen LogP) is 3.23. The third-order valence-corrected chi connectivity index (χ3v) is 5.15. The van der Waals surface area contributed by atoms with Gasteiger partial charge in [0.1, 0.15) is 0 Å². The quantitative estimate of drug-likeness (QED) is 0.762. The number of carbonyl (C=O) groups excluding carboxylic acids is 1. The summed E-state index contributed by atoms with van der Waals surface area (Å²) < 4.78 is 10.8. The summed E-state index contributed by atoms with van der Waals surface area (Å²) >= 11 is 0. The van der Waals surface area contributed by atoms with Crippen molar-refractivity contribution < 1.29 is 14.3 Å². The molecule has 5 heteroatoms. The van der Waals surface area contributed by atoms with Crippen molar-refractivity contribution in [2.24, 2.45) is 0 Å². The van der Waals surface area contributed by atoms with Crippen LogP contribution >= 0.6 is 0 Å². The Labute approximate surface area is 161 Å². The molecule has 0 aliphatic heterocycles. The van der Waals surface area contributed by atoms with E-state index in [9.17, 15) is 4.79 Å². The Kier molecular flexibility index (Phi) is 5.89. The van der Waals surface area contributed by atoms with Gasteiger partial charge in [-0.15, -0.1) is 0 Å². The van der Waals surface area contributed by atoms with Gasteiger partial charge in [-0.25, -0.2) is 0 Å². The molecule has 2 aromatic rings. The molecule has 1 aliphatic rings. The van der Waals surface area contributed by atoms with E-state index in [4.69, 9.17) is 15.2 Å². The van der Waals surface area contributed by atoms with Crippen molar-refractivity contribution in [2.45, 2.75) is 38.6 Å². The van der Waals surface area contributed by atoms with E-state index in [0.29, 0.717) is 12.1 Å². The maximum absolute atomic E-state index is 13.0. The third-order valence-electron chi connectivity index (χ3n) is 5.15. The lowest BCUT2D eigenvalue weighted by atomic mass is 10.1. The number of nitrogens with zero attached hydrogens (tertiary/aromatic N) is 1. The number of carbonyl (C=O) groups is 1. The van der Waals surface area contributed by atoms with Crippen LogP contribution in [-0.2, 0) is 24.1 Å². The molecule has 0 atom stereocenters. The van der Waals surface area contributed by atoms with Crippen LogP contribution in [0, 0.1) is 0 Å². The molecule has 27 heavy (non-hydrogen) atoms. The Morgan fingerprint density at radius 2 is 1.74 bits per heavy atom. The third kappa shape index (κ3) is 4.18. The van der Waals surface area contributed by atoms with Crippen molar-refractivity contribution in [3.05, 3.63) is 53.1 Å². The highest BCUT2D eigenvalue weighted by Crippen LogP contribution is 2.36. The van der Waals surface area contributed by atoms with E-state index in [1.54, 1.807) is 14.2 Å². The van der Waals surface area contributed by atoms with Crippen molar-refractivity contribution in [1.82, 2.24) is 4.90 Å². The molecule has 1 aliphatic carbocycles.